The molecule has 8 heteroatoms. The van der Waals surface area contributed by atoms with E-state index in [1.165, 1.54) is 0 Å². The predicted molar refractivity (Wildman–Crippen MR) is 135 cm³/mol. The van der Waals surface area contributed by atoms with Crippen LogP contribution < -0.4 is 10.1 Å². The van der Waals surface area contributed by atoms with Crippen LogP contribution in [-0.2, 0) is 6.54 Å². The highest BCUT2D eigenvalue weighted by Gasteiger charge is 2.17. The maximum atomic E-state index is 13.3. The Morgan fingerprint density at radius 2 is 1.91 bits per heavy atom. The molecule has 0 bridgehead atoms. The summed E-state index contributed by atoms with van der Waals surface area (Å²) in [6.45, 7) is 6.57. The average Bonchev–Trinajstić information content (AvgIpc) is 3.40. The molecule has 34 heavy (non-hydrogen) atoms. The van der Waals surface area contributed by atoms with Gasteiger partial charge in [0.2, 0.25) is 0 Å². The second-order valence-electron chi connectivity index (χ2n) is 8.77. The van der Waals surface area contributed by atoms with Crippen molar-refractivity contribution in [1.29, 1.82) is 0 Å². The summed E-state index contributed by atoms with van der Waals surface area (Å²) in [4.78, 5) is 20.0. The van der Waals surface area contributed by atoms with E-state index >= 15 is 0 Å². The van der Waals surface area contributed by atoms with Crippen molar-refractivity contribution in [2.24, 2.45) is 0 Å². The molecule has 4 rings (SSSR count). The highest BCUT2D eigenvalue weighted by atomic mass is 16.5. The summed E-state index contributed by atoms with van der Waals surface area (Å²) in [6.07, 6.45) is 4.56. The van der Waals surface area contributed by atoms with E-state index in [1.54, 1.807) is 13.3 Å². The number of likely N-dealkylation sites (N-methyl/N-ethyl adjacent to an activating group) is 1. The zero-order valence-electron chi connectivity index (χ0n) is 20.0. The number of carbonyl (C=O) groups is 1. The number of rotatable bonds is 9. The number of hydrogen-bond donors (Lipinski definition) is 2. The zero-order valence-corrected chi connectivity index (χ0v) is 20.0. The summed E-state index contributed by atoms with van der Waals surface area (Å²) in [5.74, 6) is 0.796. The Kier molecular flexibility index (Phi) is 8.17. The quantitative estimate of drug-likeness (QED) is 0.506. The van der Waals surface area contributed by atoms with Crippen molar-refractivity contribution in [3.05, 3.63) is 66.5 Å². The van der Waals surface area contributed by atoms with Crippen LogP contribution in [-0.4, -0.2) is 84.4 Å². The van der Waals surface area contributed by atoms with E-state index in [0.717, 1.165) is 67.3 Å². The second kappa shape index (κ2) is 11.7. The Balaban J connectivity index is 1.39. The van der Waals surface area contributed by atoms with E-state index in [4.69, 9.17) is 4.74 Å². The van der Waals surface area contributed by atoms with Gasteiger partial charge in [0.25, 0.3) is 0 Å². The summed E-state index contributed by atoms with van der Waals surface area (Å²) in [7, 11) is 3.83. The number of ether oxygens (including phenoxy) is 1. The summed E-state index contributed by atoms with van der Waals surface area (Å²) in [5, 5.41) is 9.89. The van der Waals surface area contributed by atoms with Crippen molar-refractivity contribution < 1.29 is 9.53 Å². The monoisotopic (exact) mass is 462 g/mol. The fraction of sp³-hybridized carbons (Fsp3) is 0.385. The van der Waals surface area contributed by atoms with E-state index in [9.17, 15) is 4.79 Å². The normalized spacial score (nSPS) is 14.6. The van der Waals surface area contributed by atoms with Gasteiger partial charge in [-0.2, -0.15) is 5.10 Å². The van der Waals surface area contributed by atoms with Gasteiger partial charge in [0.1, 0.15) is 5.75 Å². The molecule has 0 atom stereocenters. The molecule has 1 aliphatic rings. The molecule has 0 aliphatic carbocycles. The number of H-pyrrole nitrogens is 1. The molecular formula is C26H34N6O2. The average molecular weight is 463 g/mol. The topological polar surface area (TPSA) is 76.7 Å². The van der Waals surface area contributed by atoms with Crippen LogP contribution in [0, 0.1) is 0 Å². The van der Waals surface area contributed by atoms with Gasteiger partial charge < -0.3 is 24.8 Å². The molecule has 2 heterocycles. The number of anilines is 1. The highest BCUT2D eigenvalue weighted by Crippen LogP contribution is 2.21. The van der Waals surface area contributed by atoms with Crippen molar-refractivity contribution in [2.45, 2.75) is 13.0 Å². The number of nitrogens with one attached hydrogen (secondary N) is 2. The fourth-order valence-electron chi connectivity index (χ4n) is 4.16. The van der Waals surface area contributed by atoms with Crippen LogP contribution in [0.15, 0.2) is 60.9 Å². The van der Waals surface area contributed by atoms with Crippen LogP contribution in [0.2, 0.25) is 0 Å². The van der Waals surface area contributed by atoms with Crippen LogP contribution in [0.25, 0.3) is 11.1 Å². The van der Waals surface area contributed by atoms with E-state index in [1.807, 2.05) is 59.6 Å². The molecule has 1 saturated heterocycles. The summed E-state index contributed by atoms with van der Waals surface area (Å²) in [5.41, 5.74) is 3.88. The molecule has 1 fully saturated rings. The van der Waals surface area contributed by atoms with Gasteiger partial charge in [-0.1, -0.05) is 24.3 Å². The van der Waals surface area contributed by atoms with Gasteiger partial charge in [0.15, 0.2) is 0 Å². The third kappa shape index (κ3) is 6.59. The Morgan fingerprint density at radius 1 is 1.12 bits per heavy atom. The van der Waals surface area contributed by atoms with Crippen molar-refractivity contribution in [3.8, 4) is 16.9 Å². The van der Waals surface area contributed by atoms with Crippen LogP contribution in [0.1, 0.15) is 12.0 Å². The Bertz CT molecular complexity index is 1030. The van der Waals surface area contributed by atoms with Gasteiger partial charge in [0.05, 0.1) is 13.3 Å². The molecule has 0 spiro atoms. The van der Waals surface area contributed by atoms with E-state index in [0.29, 0.717) is 13.1 Å². The molecule has 0 saturated carbocycles. The number of piperazine rings is 1. The summed E-state index contributed by atoms with van der Waals surface area (Å²) in [6, 6.07) is 15.6. The lowest BCUT2D eigenvalue weighted by molar-refractivity contribution is 0.147. The van der Waals surface area contributed by atoms with Gasteiger partial charge in [-0.25, -0.2) is 4.79 Å². The number of urea groups is 1. The third-order valence-electron chi connectivity index (χ3n) is 6.26. The predicted octanol–water partition coefficient (Wildman–Crippen LogP) is 3.76. The Hall–Kier alpha value is -3.36. The zero-order chi connectivity index (χ0) is 23.8. The maximum absolute atomic E-state index is 13.3. The van der Waals surface area contributed by atoms with Crippen molar-refractivity contribution >= 4 is 11.7 Å². The molecule has 180 valence electrons. The Morgan fingerprint density at radius 3 is 2.62 bits per heavy atom. The number of benzene rings is 2. The maximum Gasteiger partial charge on any atom is 0.322 e. The standard InChI is InChI=1S/C26H34N6O2/c1-30-13-15-31(16-14-30)11-4-12-32(20-21-5-3-6-25(17-21)34-2)26(33)29-24-9-7-22(8-10-24)23-18-27-28-19-23/h3,5-10,17-19H,4,11-16,20H2,1-2H3,(H,27,28)(H,29,33). The van der Waals surface area contributed by atoms with Gasteiger partial charge >= 0.3 is 6.03 Å². The number of hydrogen-bond acceptors (Lipinski definition) is 5. The van der Waals surface area contributed by atoms with E-state index in [2.05, 4.69) is 32.4 Å². The van der Waals surface area contributed by atoms with Crippen LogP contribution in [0.3, 0.4) is 0 Å². The molecule has 3 aromatic rings. The van der Waals surface area contributed by atoms with Gasteiger partial charge in [-0.05, 0) is 55.4 Å². The molecule has 0 radical (unpaired) electrons. The minimum absolute atomic E-state index is 0.0998. The molecule has 1 aromatic heterocycles. The lowest BCUT2D eigenvalue weighted by Gasteiger charge is -2.33. The first-order valence-electron chi connectivity index (χ1n) is 11.8. The first-order valence-corrected chi connectivity index (χ1v) is 11.8. The molecule has 2 N–H and O–H groups in total. The van der Waals surface area contributed by atoms with Gasteiger partial charge in [-0.15, -0.1) is 0 Å². The molecule has 1 aliphatic heterocycles. The summed E-state index contributed by atoms with van der Waals surface area (Å²) >= 11 is 0. The van der Waals surface area contributed by atoms with Crippen LogP contribution in [0.4, 0.5) is 10.5 Å². The van der Waals surface area contributed by atoms with Crippen molar-refractivity contribution in [3.63, 3.8) is 0 Å². The number of methoxy groups -OCH3 is 1. The van der Waals surface area contributed by atoms with Crippen LogP contribution in [0.5, 0.6) is 5.75 Å². The number of nitrogens with zero attached hydrogens (tertiary/aromatic N) is 4. The summed E-state index contributed by atoms with van der Waals surface area (Å²) < 4.78 is 5.37. The third-order valence-corrected chi connectivity index (χ3v) is 6.26. The van der Waals surface area contributed by atoms with Crippen molar-refractivity contribution in [1.82, 2.24) is 24.9 Å². The number of aromatic amines is 1. The first kappa shape index (κ1) is 23.8. The minimum Gasteiger partial charge on any atom is -0.497 e. The largest absolute Gasteiger partial charge is 0.497 e. The first-order chi connectivity index (χ1) is 16.6. The van der Waals surface area contributed by atoms with E-state index < -0.39 is 0 Å². The molecule has 0 unspecified atom stereocenters. The molecule has 2 aromatic carbocycles. The number of aromatic nitrogens is 2. The highest BCUT2D eigenvalue weighted by molar-refractivity contribution is 5.89. The minimum atomic E-state index is -0.0998. The van der Waals surface area contributed by atoms with Gasteiger partial charge in [-0.3, -0.25) is 5.10 Å². The molecule has 2 amide bonds. The molecule has 8 nitrogen and oxygen atoms in total. The lowest BCUT2D eigenvalue weighted by atomic mass is 10.1. The van der Waals surface area contributed by atoms with Crippen LogP contribution >= 0.6 is 0 Å². The number of amides is 2. The molecular weight excluding hydrogens is 428 g/mol. The lowest BCUT2D eigenvalue weighted by Crippen LogP contribution is -2.45. The SMILES string of the molecule is COc1cccc(CN(CCCN2CCN(C)CC2)C(=O)Nc2ccc(-c3cn[nH]c3)cc2)c1. The smallest absolute Gasteiger partial charge is 0.322 e. The number of carbonyl (C=O) groups excluding carboxylic acids is 1. The fourth-order valence-corrected chi connectivity index (χ4v) is 4.16. The van der Waals surface area contributed by atoms with E-state index in [-0.39, 0.29) is 6.03 Å². The second-order valence-corrected chi connectivity index (χ2v) is 8.77. The van der Waals surface area contributed by atoms with Crippen molar-refractivity contribution in [2.75, 3.05) is 58.7 Å². The van der Waals surface area contributed by atoms with Gasteiger partial charge in [0, 0.05) is 56.7 Å². The Labute approximate surface area is 201 Å².